The number of hydrogen-bond donors (Lipinski definition) is 0. The highest BCUT2D eigenvalue weighted by atomic mass is 32.2. The van der Waals surface area contributed by atoms with Gasteiger partial charge in [-0.05, 0) is 47.4 Å². The summed E-state index contributed by atoms with van der Waals surface area (Å²) in [6, 6.07) is 24.8. The van der Waals surface area contributed by atoms with Gasteiger partial charge in [-0.3, -0.25) is 4.84 Å². The number of ether oxygens (including phenoxy) is 1. The SMILES string of the molecule is CN1OCC(S(=O)(=O)N2CCc3ccccc3C2)C1c1cccc(Oc2ccccc2)c1. The van der Waals surface area contributed by atoms with Crippen LogP contribution in [0.5, 0.6) is 11.5 Å². The summed E-state index contributed by atoms with van der Waals surface area (Å²) in [5, 5.41) is 0.964. The first kappa shape index (κ1) is 21.2. The molecule has 1 saturated heterocycles. The second-order valence-electron chi connectivity index (χ2n) is 8.21. The Bertz CT molecular complexity index is 1200. The van der Waals surface area contributed by atoms with Crippen LogP contribution in [0, 0.1) is 0 Å². The molecule has 2 unspecified atom stereocenters. The van der Waals surface area contributed by atoms with Gasteiger partial charge in [-0.15, -0.1) is 0 Å². The molecule has 0 N–H and O–H groups in total. The highest BCUT2D eigenvalue weighted by Crippen LogP contribution is 2.37. The number of para-hydroxylation sites is 1. The molecule has 0 bridgehead atoms. The molecule has 3 aromatic rings. The van der Waals surface area contributed by atoms with Crippen LogP contribution in [0.25, 0.3) is 0 Å². The minimum absolute atomic E-state index is 0.130. The molecule has 5 rings (SSSR count). The maximum absolute atomic E-state index is 13.7. The van der Waals surface area contributed by atoms with Gasteiger partial charge in [-0.25, -0.2) is 8.42 Å². The van der Waals surface area contributed by atoms with Gasteiger partial charge >= 0.3 is 0 Å². The summed E-state index contributed by atoms with van der Waals surface area (Å²) in [7, 11) is -1.79. The van der Waals surface area contributed by atoms with Crippen LogP contribution < -0.4 is 4.74 Å². The van der Waals surface area contributed by atoms with Crippen LogP contribution in [0.4, 0.5) is 0 Å². The molecule has 1 fully saturated rings. The second kappa shape index (κ2) is 8.67. The number of benzene rings is 3. The van der Waals surface area contributed by atoms with Gasteiger partial charge in [0.25, 0.3) is 0 Å². The van der Waals surface area contributed by atoms with Crippen LogP contribution in [0.15, 0.2) is 78.9 Å². The van der Waals surface area contributed by atoms with E-state index in [9.17, 15) is 8.42 Å². The largest absolute Gasteiger partial charge is 0.457 e. The normalized spacial score (nSPS) is 21.9. The Morgan fingerprint density at radius 1 is 0.906 bits per heavy atom. The average molecular weight is 451 g/mol. The van der Waals surface area contributed by atoms with Crippen LogP contribution in [0.1, 0.15) is 22.7 Å². The molecule has 7 heteroatoms. The van der Waals surface area contributed by atoms with Crippen LogP contribution in [-0.4, -0.2) is 43.2 Å². The van der Waals surface area contributed by atoms with Crippen molar-refractivity contribution in [3.63, 3.8) is 0 Å². The number of rotatable bonds is 5. The van der Waals surface area contributed by atoms with Crippen molar-refractivity contribution in [2.75, 3.05) is 20.2 Å². The first-order valence-electron chi connectivity index (χ1n) is 10.8. The lowest BCUT2D eigenvalue weighted by atomic mass is 10.0. The van der Waals surface area contributed by atoms with Crippen molar-refractivity contribution in [3.8, 4) is 11.5 Å². The molecule has 0 radical (unpaired) electrons. The Morgan fingerprint density at radius 2 is 1.62 bits per heavy atom. The van der Waals surface area contributed by atoms with E-state index >= 15 is 0 Å². The van der Waals surface area contributed by atoms with E-state index in [1.54, 1.807) is 16.4 Å². The molecule has 3 aromatic carbocycles. The Morgan fingerprint density at radius 3 is 2.44 bits per heavy atom. The van der Waals surface area contributed by atoms with Crippen molar-refractivity contribution in [1.82, 2.24) is 9.37 Å². The Kier molecular flexibility index (Phi) is 5.73. The summed E-state index contributed by atoms with van der Waals surface area (Å²) in [5.74, 6) is 1.40. The van der Waals surface area contributed by atoms with Crippen LogP contribution in [0.3, 0.4) is 0 Å². The van der Waals surface area contributed by atoms with E-state index in [1.165, 1.54) is 5.56 Å². The van der Waals surface area contributed by atoms with E-state index in [0.717, 1.165) is 23.3 Å². The molecule has 2 heterocycles. The lowest BCUT2D eigenvalue weighted by Crippen LogP contribution is -2.44. The second-order valence-corrected chi connectivity index (χ2v) is 10.4. The molecular weight excluding hydrogens is 424 g/mol. The zero-order valence-electron chi connectivity index (χ0n) is 17.9. The maximum Gasteiger partial charge on any atom is 0.221 e. The van der Waals surface area contributed by atoms with E-state index in [0.29, 0.717) is 18.8 Å². The molecule has 0 aromatic heterocycles. The van der Waals surface area contributed by atoms with Crippen molar-refractivity contribution in [1.29, 1.82) is 0 Å². The molecule has 2 aliphatic heterocycles. The van der Waals surface area contributed by atoms with Crippen molar-refractivity contribution in [3.05, 3.63) is 95.6 Å². The van der Waals surface area contributed by atoms with E-state index in [-0.39, 0.29) is 6.61 Å². The molecule has 6 nitrogen and oxygen atoms in total. The zero-order valence-corrected chi connectivity index (χ0v) is 18.7. The van der Waals surface area contributed by atoms with Gasteiger partial charge in [0.05, 0.1) is 12.6 Å². The minimum atomic E-state index is -3.58. The van der Waals surface area contributed by atoms with Crippen LogP contribution in [0.2, 0.25) is 0 Å². The number of hydrogen-bond acceptors (Lipinski definition) is 5. The number of nitrogens with zero attached hydrogens (tertiary/aromatic N) is 2. The predicted molar refractivity (Wildman–Crippen MR) is 123 cm³/mol. The van der Waals surface area contributed by atoms with E-state index in [2.05, 4.69) is 6.07 Å². The fraction of sp³-hybridized carbons (Fsp3) is 0.280. The summed E-state index contributed by atoms with van der Waals surface area (Å²) in [5.41, 5.74) is 3.15. The summed E-state index contributed by atoms with van der Waals surface area (Å²) in [6.07, 6.45) is 0.726. The van der Waals surface area contributed by atoms with E-state index in [1.807, 2.05) is 72.8 Å². The third-order valence-corrected chi connectivity index (χ3v) is 8.39. The quantitative estimate of drug-likeness (QED) is 0.584. The lowest BCUT2D eigenvalue weighted by Gasteiger charge is -2.32. The summed E-state index contributed by atoms with van der Waals surface area (Å²) < 4.78 is 35.0. The van der Waals surface area contributed by atoms with E-state index in [4.69, 9.17) is 9.57 Å². The fourth-order valence-corrected chi connectivity index (χ4v) is 6.47. The molecule has 0 aliphatic carbocycles. The number of fused-ring (bicyclic) bond motifs is 1. The van der Waals surface area contributed by atoms with Crippen molar-refractivity contribution in [2.45, 2.75) is 24.3 Å². The predicted octanol–water partition coefficient (Wildman–Crippen LogP) is 4.15. The number of hydroxylamine groups is 2. The highest BCUT2D eigenvalue weighted by molar-refractivity contribution is 7.89. The van der Waals surface area contributed by atoms with Gasteiger partial charge < -0.3 is 4.74 Å². The lowest BCUT2D eigenvalue weighted by molar-refractivity contribution is -0.110. The Labute approximate surface area is 189 Å². The molecule has 166 valence electrons. The molecule has 2 aliphatic rings. The summed E-state index contributed by atoms with van der Waals surface area (Å²) in [4.78, 5) is 5.72. The summed E-state index contributed by atoms with van der Waals surface area (Å²) >= 11 is 0. The first-order chi connectivity index (χ1) is 15.5. The molecule has 0 spiro atoms. The van der Waals surface area contributed by atoms with Crippen LogP contribution >= 0.6 is 0 Å². The van der Waals surface area contributed by atoms with Gasteiger partial charge in [-0.2, -0.15) is 9.37 Å². The third kappa shape index (κ3) is 4.04. The smallest absolute Gasteiger partial charge is 0.221 e. The van der Waals surface area contributed by atoms with Crippen molar-refractivity contribution in [2.24, 2.45) is 0 Å². The van der Waals surface area contributed by atoms with Gasteiger partial charge in [0.1, 0.15) is 16.7 Å². The first-order valence-corrected chi connectivity index (χ1v) is 12.3. The minimum Gasteiger partial charge on any atom is -0.457 e. The zero-order chi connectivity index (χ0) is 22.1. The topological polar surface area (TPSA) is 59.1 Å². The van der Waals surface area contributed by atoms with Gasteiger partial charge in [0.2, 0.25) is 10.0 Å². The molecular formula is C25H26N2O4S. The molecule has 0 amide bonds. The standard InChI is InChI=1S/C25H26N2O4S/c1-26-25(20-10-7-13-23(16-20)31-22-11-3-2-4-12-22)24(18-30-26)32(28,29)27-15-14-19-8-5-6-9-21(19)17-27/h2-13,16,24-25H,14-15,17-18H2,1H3. The fourth-order valence-electron chi connectivity index (χ4n) is 4.54. The van der Waals surface area contributed by atoms with Gasteiger partial charge in [-0.1, -0.05) is 54.6 Å². The van der Waals surface area contributed by atoms with E-state index < -0.39 is 21.3 Å². The third-order valence-electron chi connectivity index (χ3n) is 6.20. The maximum atomic E-state index is 13.7. The Hall–Kier alpha value is -2.71. The molecule has 32 heavy (non-hydrogen) atoms. The van der Waals surface area contributed by atoms with Gasteiger partial charge in [0.15, 0.2) is 0 Å². The Balaban J connectivity index is 1.41. The van der Waals surface area contributed by atoms with Crippen LogP contribution in [-0.2, 0) is 27.8 Å². The molecule has 2 atom stereocenters. The highest BCUT2D eigenvalue weighted by Gasteiger charge is 2.46. The van der Waals surface area contributed by atoms with Crippen molar-refractivity contribution < 1.29 is 18.0 Å². The number of sulfonamides is 1. The summed E-state index contributed by atoms with van der Waals surface area (Å²) in [6.45, 7) is 1.03. The van der Waals surface area contributed by atoms with Crippen molar-refractivity contribution >= 4 is 10.0 Å². The van der Waals surface area contributed by atoms with Gasteiger partial charge in [0, 0.05) is 20.1 Å². The monoisotopic (exact) mass is 450 g/mol. The average Bonchev–Trinajstić information content (AvgIpc) is 3.22. The molecule has 0 saturated carbocycles.